The number of esters is 1. The number of carbonyl (C=O) groups excluding carboxylic acids is 9. The van der Waals surface area contributed by atoms with Crippen LogP contribution >= 0.6 is 0 Å². The summed E-state index contributed by atoms with van der Waals surface area (Å²) < 4.78 is 29.1. The van der Waals surface area contributed by atoms with E-state index in [0.29, 0.717) is 70.4 Å². The van der Waals surface area contributed by atoms with E-state index >= 15 is 0 Å². The van der Waals surface area contributed by atoms with Crippen molar-refractivity contribution in [1.82, 2.24) is 50.7 Å². The van der Waals surface area contributed by atoms with E-state index in [4.69, 9.17) is 23.7 Å². The molecule has 8 amide bonds. The van der Waals surface area contributed by atoms with E-state index in [9.17, 15) is 53.1 Å². The van der Waals surface area contributed by atoms with Gasteiger partial charge >= 0.3 is 11.9 Å². The van der Waals surface area contributed by atoms with Crippen molar-refractivity contribution >= 4 is 70.6 Å². The fourth-order valence-corrected chi connectivity index (χ4v) is 18.5. The van der Waals surface area contributed by atoms with Gasteiger partial charge in [0, 0.05) is 105 Å². The van der Waals surface area contributed by atoms with Crippen molar-refractivity contribution in [2.45, 2.75) is 299 Å². The molecule has 2 saturated heterocycles. The molecule has 4 aromatic carbocycles. The Labute approximate surface area is 772 Å². The zero-order valence-electron chi connectivity index (χ0n) is 82.8. The minimum Gasteiger partial charge on any atom is -0.480 e. The number of rotatable bonds is 52. The number of benzene rings is 4. The largest absolute Gasteiger partial charge is 0.480 e. The number of carboxylic acids is 1. The van der Waals surface area contributed by atoms with Crippen molar-refractivity contribution in [2.75, 3.05) is 101 Å². The topological polar surface area (TPSA) is 329 Å². The number of methoxy groups -OCH3 is 5. The number of nitrogens with zero attached hydrogens (tertiary/aromatic N) is 6. The van der Waals surface area contributed by atoms with E-state index in [1.807, 2.05) is 158 Å². The summed E-state index contributed by atoms with van der Waals surface area (Å²) in [4.78, 5) is 150. The lowest BCUT2D eigenvalue weighted by Gasteiger charge is -2.41. The van der Waals surface area contributed by atoms with Crippen LogP contribution in [0.1, 0.15) is 198 Å². The van der Waals surface area contributed by atoms with Crippen molar-refractivity contribution in [3.8, 4) is 0 Å². The van der Waals surface area contributed by atoms with Crippen molar-refractivity contribution in [1.29, 1.82) is 0 Å². The Morgan fingerprint density at radius 2 is 0.767 bits per heavy atom. The van der Waals surface area contributed by atoms with Crippen LogP contribution in [-0.2, 0) is 97.3 Å². The molecule has 4 aromatic rings. The lowest BCUT2D eigenvalue weighted by atomic mass is 9.89. The molecule has 28 heteroatoms. The Morgan fingerprint density at radius 3 is 1.06 bits per heavy atom. The van der Waals surface area contributed by atoms with Crippen molar-refractivity contribution in [3.63, 3.8) is 0 Å². The van der Waals surface area contributed by atoms with Gasteiger partial charge in [-0.1, -0.05) is 195 Å². The minimum absolute atomic E-state index is 0.00594. The van der Waals surface area contributed by atoms with Gasteiger partial charge in [-0.2, -0.15) is 0 Å². The van der Waals surface area contributed by atoms with Crippen LogP contribution in [0.5, 0.6) is 0 Å². The molecule has 129 heavy (non-hydrogen) atoms. The molecule has 2 fully saturated rings. The molecule has 0 bridgehead atoms. The van der Waals surface area contributed by atoms with E-state index in [1.54, 1.807) is 61.8 Å². The zero-order chi connectivity index (χ0) is 96.4. The maximum Gasteiger partial charge on any atom is 0.328 e. The first-order valence-corrected chi connectivity index (χ1v) is 47.0. The maximum absolute atomic E-state index is 14.6. The first-order valence-electron chi connectivity index (χ1n) is 47.0. The first kappa shape index (κ1) is 110. The number of amides is 8. The summed E-state index contributed by atoms with van der Waals surface area (Å²) in [5.41, 5.74) is 6.14. The highest BCUT2D eigenvalue weighted by Crippen LogP contribution is 2.34. The Bertz CT molecular complexity index is 4080. The van der Waals surface area contributed by atoms with Crippen LogP contribution in [0.4, 0.5) is 11.4 Å². The van der Waals surface area contributed by atoms with Crippen LogP contribution in [0.3, 0.4) is 0 Å². The molecule has 2 aliphatic heterocycles. The van der Waals surface area contributed by atoms with Gasteiger partial charge in [-0.25, -0.2) is 9.59 Å². The third kappa shape index (κ3) is 32.7. The summed E-state index contributed by atoms with van der Waals surface area (Å²) in [6.45, 7) is 38.0. The second-order valence-corrected chi connectivity index (χ2v) is 37.8. The predicted octanol–water partition coefficient (Wildman–Crippen LogP) is 11.8. The van der Waals surface area contributed by atoms with E-state index in [0.717, 1.165) is 41.8 Å². The van der Waals surface area contributed by atoms with Crippen LogP contribution in [0, 0.1) is 47.3 Å². The average Bonchev–Trinajstić information content (AvgIpc) is 1.75. The molecule has 0 unspecified atom stereocenters. The van der Waals surface area contributed by atoms with Gasteiger partial charge in [0.2, 0.25) is 47.3 Å². The zero-order valence-corrected chi connectivity index (χ0v) is 82.8. The molecule has 722 valence electrons. The highest BCUT2D eigenvalue weighted by atomic mass is 16.5. The van der Waals surface area contributed by atoms with Crippen LogP contribution in [-0.4, -0.2) is 281 Å². The van der Waals surface area contributed by atoms with Crippen LogP contribution < -0.4 is 31.9 Å². The van der Waals surface area contributed by atoms with Crippen LogP contribution in [0.15, 0.2) is 109 Å². The number of anilines is 2. The first-order chi connectivity index (χ1) is 61.0. The second-order valence-electron chi connectivity index (χ2n) is 37.8. The lowest BCUT2D eigenvalue weighted by Crippen LogP contribution is -2.60. The van der Waals surface area contributed by atoms with Gasteiger partial charge in [-0.05, 0) is 162 Å². The second kappa shape index (κ2) is 54.7. The Balaban J connectivity index is 0.000000457. The summed E-state index contributed by atoms with van der Waals surface area (Å²) in [5, 5.41) is 28.6. The van der Waals surface area contributed by atoms with Gasteiger partial charge in [0.05, 0.1) is 92.5 Å². The maximum atomic E-state index is 14.6. The Kier molecular flexibility index (Phi) is 46.8. The molecule has 0 spiro atoms. The highest BCUT2D eigenvalue weighted by Gasteiger charge is 2.47. The Hall–Kier alpha value is -9.06. The fraction of sp³-hybridized carbons (Fsp3) is 0.663. The number of hydrogen-bond donors (Lipinski definition) is 7. The Morgan fingerprint density at radius 1 is 0.426 bits per heavy atom. The van der Waals surface area contributed by atoms with Gasteiger partial charge in [0.1, 0.15) is 24.2 Å². The molecule has 0 radical (unpaired) electrons. The summed E-state index contributed by atoms with van der Waals surface area (Å²) >= 11 is 0. The van der Waals surface area contributed by atoms with E-state index in [-0.39, 0.29) is 103 Å². The van der Waals surface area contributed by atoms with Crippen molar-refractivity contribution in [2.24, 2.45) is 47.3 Å². The normalized spacial score (nSPS) is 17.9. The number of aliphatic carboxylic acids is 1. The molecular formula is C101H162N12O16. The van der Waals surface area contributed by atoms with E-state index in [2.05, 4.69) is 118 Å². The molecule has 0 aliphatic carbocycles. The molecule has 6 rings (SSSR count). The minimum atomic E-state index is -1.14. The van der Waals surface area contributed by atoms with Crippen LogP contribution in [0.2, 0.25) is 0 Å². The predicted molar refractivity (Wildman–Crippen MR) is 510 cm³/mol. The standard InChI is InChI=1S/C51H82N6O8.C50H80N6O8/c1-15-35(8)46(56(11)50(61)44(32(2)3)54-49(60)45(33(4)5)55(10)29-27-37-23-25-39(26-24-37)52-34(6)7)42(63-12)31-43(58)57-28-19-22-41(57)47(64-13)36(9)48(59)53-40(51(62)65-14)30-38-20-17-16-18-21-38;1-14-34(8)45(55(11)49(60)43(31(2)3)53-48(59)44(32(4)5)54(10)28-26-36-22-24-38(25-23-36)51-33(6)7)41(63-12)30-42(57)56-27-18-21-40(56)46(64-13)35(9)47(58)52-39(50(61)62)29-37-19-16-15-17-20-37/h16-18,20-21,23-26,32-36,40-42,44-47,52H,15,19,22,27-31H2,1-14H3,(H,53,59)(H,54,60);15-17,19-20,22-25,31-35,39-41,43-46,51H,14,18,21,26-30H2,1-13H3,(H,52,58)(H,53,59)(H,61,62)/t35-,36+,40-,41-,42+,44-,45-,46-,47+;34-,35+,39-,40-,41+,43-,44-,45-,46+/m00/s1. The van der Waals surface area contributed by atoms with E-state index in [1.165, 1.54) is 32.5 Å². The fourth-order valence-electron chi connectivity index (χ4n) is 18.5. The summed E-state index contributed by atoms with van der Waals surface area (Å²) in [6, 6.07) is 29.5. The molecule has 0 aromatic heterocycles. The van der Waals surface area contributed by atoms with Crippen molar-refractivity contribution < 1.29 is 76.7 Å². The number of likely N-dealkylation sites (N-methyl/N-ethyl adjacent to an activating group) is 4. The van der Waals surface area contributed by atoms with Gasteiger partial charge in [-0.15, -0.1) is 0 Å². The molecule has 28 nitrogen and oxygen atoms in total. The summed E-state index contributed by atoms with van der Waals surface area (Å²) in [5.74, 6) is -5.90. The van der Waals surface area contributed by atoms with Gasteiger partial charge in [-0.3, -0.25) is 48.2 Å². The monoisotopic (exact) mass is 1800 g/mol. The summed E-state index contributed by atoms with van der Waals surface area (Å²) in [6.07, 6.45) is 3.26. The van der Waals surface area contributed by atoms with Crippen LogP contribution in [0.25, 0.3) is 0 Å². The molecule has 2 aliphatic rings. The molecular weight excluding hydrogens is 1640 g/mol. The molecule has 18 atom stereocenters. The van der Waals surface area contributed by atoms with Gasteiger partial charge in [0.15, 0.2) is 0 Å². The quantitative estimate of drug-likeness (QED) is 0.0202. The highest BCUT2D eigenvalue weighted by molar-refractivity contribution is 5.92. The number of carboxylic acid groups (broad SMARTS) is 1. The average molecular weight is 1800 g/mol. The number of carbonyl (C=O) groups is 10. The van der Waals surface area contributed by atoms with Crippen molar-refractivity contribution in [3.05, 3.63) is 131 Å². The molecule has 2 heterocycles. The summed E-state index contributed by atoms with van der Waals surface area (Å²) in [7, 11) is 14.8. The smallest absolute Gasteiger partial charge is 0.328 e. The third-order valence-electron chi connectivity index (χ3n) is 26.0. The SMILES string of the molecule is CC[C@H](C)[C@@H]([C@@H](CC(=O)N1CCC[C@H]1[C@H](OC)[C@@H](C)C(=O)N[C@@H](Cc1ccccc1)C(=O)O)OC)N(C)C(=O)[C@@H](NC(=O)[C@H](C(C)C)N(C)CCc1ccc(NC(C)C)cc1)C(C)C.CC[C@H](C)[C@@H]([C@@H](CC(=O)N1CCC[C@H]1[C@H](OC)[C@@H](C)C(=O)N[C@@H](Cc1ccccc1)C(=O)OC)OC)N(C)C(=O)[C@@H](NC(=O)[C@H](C(C)C)N(C)CCc1ccc(NC(C)C)cc1)C(C)C. The number of hydrogen-bond acceptors (Lipinski definition) is 19. The third-order valence-corrected chi connectivity index (χ3v) is 26.0. The lowest BCUT2D eigenvalue weighted by molar-refractivity contribution is -0.149. The van der Waals surface area contributed by atoms with Gasteiger partial charge in [0.25, 0.3) is 0 Å². The number of nitrogens with one attached hydrogen (secondary N) is 6. The number of likely N-dealkylation sites (tertiary alicyclic amines) is 2. The van der Waals surface area contributed by atoms with Gasteiger partial charge < -0.3 is 80.3 Å². The molecule has 0 saturated carbocycles. The van der Waals surface area contributed by atoms with E-state index < -0.39 is 115 Å². The molecule has 7 N–H and O–H groups in total. The number of ether oxygens (including phenoxy) is 5.